The van der Waals surface area contributed by atoms with Crippen molar-refractivity contribution in [2.24, 2.45) is 5.14 Å². The van der Waals surface area contributed by atoms with Gasteiger partial charge in [-0.2, -0.15) is 0 Å². The highest BCUT2D eigenvalue weighted by Gasteiger charge is 2.25. The van der Waals surface area contributed by atoms with E-state index in [1.807, 2.05) is 6.92 Å². The minimum atomic E-state index is -3.54. The summed E-state index contributed by atoms with van der Waals surface area (Å²) in [6.07, 6.45) is 3.32. The van der Waals surface area contributed by atoms with Crippen LogP contribution in [0.25, 0.3) is 0 Å². The fourth-order valence-electron chi connectivity index (χ4n) is 1.13. The topological polar surface area (TPSA) is 85.9 Å². The summed E-state index contributed by atoms with van der Waals surface area (Å²) in [6, 6.07) is 0. The van der Waals surface area contributed by atoms with Crippen LogP contribution in [0.15, 0.2) is 12.4 Å². The number of nitrogens with two attached hydrogens (primary N) is 1. The zero-order chi connectivity index (χ0) is 11.6. The maximum Gasteiger partial charge on any atom is 0.212 e. The molecular weight excluding hydrogens is 214 g/mol. The largest absolute Gasteiger partial charge is 0.241 e. The molecule has 1 aromatic rings. The number of rotatable bonds is 3. The van der Waals surface area contributed by atoms with Gasteiger partial charge in [-0.1, -0.05) is 6.92 Å². The maximum absolute atomic E-state index is 11.1. The molecule has 2 N–H and O–H groups in total. The van der Waals surface area contributed by atoms with Crippen molar-refractivity contribution in [2.75, 3.05) is 0 Å². The van der Waals surface area contributed by atoms with Crippen molar-refractivity contribution in [1.82, 2.24) is 9.97 Å². The molecule has 0 aliphatic heterocycles. The van der Waals surface area contributed by atoms with Crippen LogP contribution in [0.2, 0.25) is 0 Å². The summed E-state index contributed by atoms with van der Waals surface area (Å²) in [7, 11) is -3.54. The molecule has 0 bridgehead atoms. The van der Waals surface area contributed by atoms with Crippen LogP contribution < -0.4 is 5.14 Å². The summed E-state index contributed by atoms with van der Waals surface area (Å²) in [5.74, 6) is 0.197. The molecule has 0 unspecified atom stereocenters. The molecule has 0 saturated heterocycles. The number of nitrogens with zero attached hydrogens (tertiary/aromatic N) is 2. The van der Waals surface area contributed by atoms with Gasteiger partial charge in [0, 0.05) is 18.3 Å². The van der Waals surface area contributed by atoms with Gasteiger partial charge in [0.05, 0.1) is 5.25 Å². The van der Waals surface area contributed by atoms with Crippen molar-refractivity contribution in [3.05, 3.63) is 23.8 Å². The molecule has 0 amide bonds. The Bertz CT molecular complexity index is 427. The SMILES string of the molecule is Cc1cnc([C@@H](C)[C@@H](C)S(N)(=O)=O)nc1. The average Bonchev–Trinajstić information content (AvgIpc) is 2.15. The summed E-state index contributed by atoms with van der Waals surface area (Å²) in [6.45, 7) is 5.18. The van der Waals surface area contributed by atoms with Crippen molar-refractivity contribution in [3.8, 4) is 0 Å². The van der Waals surface area contributed by atoms with E-state index in [9.17, 15) is 8.42 Å². The summed E-state index contributed by atoms with van der Waals surface area (Å²) >= 11 is 0. The number of hydrogen-bond acceptors (Lipinski definition) is 4. The minimum absolute atomic E-state index is 0.305. The molecule has 0 aliphatic rings. The molecule has 0 aliphatic carbocycles. The predicted molar refractivity (Wildman–Crippen MR) is 57.8 cm³/mol. The molecule has 5 nitrogen and oxygen atoms in total. The summed E-state index contributed by atoms with van der Waals surface area (Å²) in [4.78, 5) is 8.16. The Kier molecular flexibility index (Phi) is 3.41. The maximum atomic E-state index is 11.1. The Morgan fingerprint density at radius 3 is 2.13 bits per heavy atom. The number of aromatic nitrogens is 2. The normalized spacial score (nSPS) is 16.0. The lowest BCUT2D eigenvalue weighted by atomic mass is 10.1. The van der Waals surface area contributed by atoms with Gasteiger partial charge in [-0.25, -0.2) is 23.5 Å². The van der Waals surface area contributed by atoms with Gasteiger partial charge in [-0.15, -0.1) is 0 Å². The molecule has 0 radical (unpaired) electrons. The van der Waals surface area contributed by atoms with E-state index in [0.717, 1.165) is 5.56 Å². The molecule has 0 fully saturated rings. The van der Waals surface area contributed by atoms with E-state index in [4.69, 9.17) is 5.14 Å². The quantitative estimate of drug-likeness (QED) is 0.820. The third-order valence-electron chi connectivity index (χ3n) is 2.43. The second-order valence-electron chi connectivity index (χ2n) is 3.70. The second kappa shape index (κ2) is 4.24. The summed E-state index contributed by atoms with van der Waals surface area (Å²) < 4.78 is 22.3. The van der Waals surface area contributed by atoms with Crippen LogP contribution in [0.1, 0.15) is 31.2 Å². The van der Waals surface area contributed by atoms with Gasteiger partial charge >= 0.3 is 0 Å². The van der Waals surface area contributed by atoms with Crippen LogP contribution >= 0.6 is 0 Å². The average molecular weight is 229 g/mol. The number of hydrogen-bond donors (Lipinski definition) is 1. The van der Waals surface area contributed by atoms with Crippen LogP contribution in [0.5, 0.6) is 0 Å². The lowest BCUT2D eigenvalue weighted by molar-refractivity contribution is 0.564. The first-order chi connectivity index (χ1) is 6.82. The van der Waals surface area contributed by atoms with Gasteiger partial charge in [0.15, 0.2) is 0 Å². The third-order valence-corrected chi connectivity index (χ3v) is 3.88. The third kappa shape index (κ3) is 2.97. The lowest BCUT2D eigenvalue weighted by Gasteiger charge is -2.16. The molecule has 1 rings (SSSR count). The van der Waals surface area contributed by atoms with E-state index in [2.05, 4.69) is 9.97 Å². The lowest BCUT2D eigenvalue weighted by Crippen LogP contribution is -2.31. The monoisotopic (exact) mass is 229 g/mol. The zero-order valence-corrected chi connectivity index (χ0v) is 9.82. The molecule has 1 aromatic heterocycles. The highest BCUT2D eigenvalue weighted by molar-refractivity contribution is 7.89. The Morgan fingerprint density at radius 2 is 1.73 bits per heavy atom. The Labute approximate surface area is 89.8 Å². The molecule has 6 heteroatoms. The fourth-order valence-corrected chi connectivity index (χ4v) is 1.82. The first-order valence-electron chi connectivity index (χ1n) is 4.62. The Balaban J connectivity index is 2.95. The first-order valence-corrected chi connectivity index (χ1v) is 6.23. The van der Waals surface area contributed by atoms with Crippen molar-refractivity contribution in [3.63, 3.8) is 0 Å². The predicted octanol–water partition coefficient (Wildman–Crippen LogP) is 0.566. The van der Waals surface area contributed by atoms with E-state index in [-0.39, 0.29) is 5.92 Å². The number of sulfonamides is 1. The van der Waals surface area contributed by atoms with Crippen LogP contribution in [0.3, 0.4) is 0 Å². The van der Waals surface area contributed by atoms with Crippen LogP contribution in [-0.2, 0) is 10.0 Å². The second-order valence-corrected chi connectivity index (χ2v) is 5.62. The highest BCUT2D eigenvalue weighted by atomic mass is 32.2. The molecule has 1 heterocycles. The summed E-state index contributed by atoms with van der Waals surface area (Å²) in [5, 5.41) is 4.38. The van der Waals surface area contributed by atoms with Crippen LogP contribution in [0, 0.1) is 6.92 Å². The van der Waals surface area contributed by atoms with Crippen LogP contribution in [-0.4, -0.2) is 23.6 Å². The van der Waals surface area contributed by atoms with E-state index >= 15 is 0 Å². The van der Waals surface area contributed by atoms with Gasteiger partial charge in [0.25, 0.3) is 0 Å². The van der Waals surface area contributed by atoms with E-state index in [1.165, 1.54) is 0 Å². The smallest absolute Gasteiger partial charge is 0.212 e. The Hall–Kier alpha value is -1.01. The van der Waals surface area contributed by atoms with Gasteiger partial charge < -0.3 is 0 Å². The van der Waals surface area contributed by atoms with E-state index < -0.39 is 15.3 Å². The van der Waals surface area contributed by atoms with Crippen molar-refractivity contribution >= 4 is 10.0 Å². The molecule has 15 heavy (non-hydrogen) atoms. The van der Waals surface area contributed by atoms with E-state index in [0.29, 0.717) is 5.82 Å². The number of primary sulfonamides is 1. The van der Waals surface area contributed by atoms with Gasteiger partial charge in [-0.3, -0.25) is 0 Å². The van der Waals surface area contributed by atoms with Crippen molar-refractivity contribution in [2.45, 2.75) is 31.9 Å². The first kappa shape index (κ1) is 12.1. The fraction of sp³-hybridized carbons (Fsp3) is 0.556. The Morgan fingerprint density at radius 1 is 1.27 bits per heavy atom. The van der Waals surface area contributed by atoms with Gasteiger partial charge in [0.2, 0.25) is 10.0 Å². The molecule has 2 atom stereocenters. The highest BCUT2D eigenvalue weighted by Crippen LogP contribution is 2.18. The van der Waals surface area contributed by atoms with Crippen molar-refractivity contribution < 1.29 is 8.42 Å². The minimum Gasteiger partial charge on any atom is -0.241 e. The van der Waals surface area contributed by atoms with E-state index in [1.54, 1.807) is 26.2 Å². The standard InChI is InChI=1S/C9H15N3O2S/c1-6-4-11-9(12-5-6)7(2)8(3)15(10,13)14/h4-5,7-8H,1-3H3,(H2,10,13,14)/t7-,8+/m0/s1. The number of aryl methyl sites for hydroxylation is 1. The molecule has 0 saturated carbocycles. The van der Waals surface area contributed by atoms with Crippen LogP contribution in [0.4, 0.5) is 0 Å². The molecule has 84 valence electrons. The molecule has 0 spiro atoms. The molecular formula is C9H15N3O2S. The zero-order valence-electron chi connectivity index (χ0n) is 9.01. The van der Waals surface area contributed by atoms with Crippen molar-refractivity contribution in [1.29, 1.82) is 0 Å². The summed E-state index contributed by atoms with van der Waals surface area (Å²) in [5.41, 5.74) is 0.939. The van der Waals surface area contributed by atoms with Gasteiger partial charge in [-0.05, 0) is 19.4 Å². The molecule has 0 aromatic carbocycles. The van der Waals surface area contributed by atoms with Gasteiger partial charge in [0.1, 0.15) is 5.82 Å².